The first-order valence-electron chi connectivity index (χ1n) is 3.92. The van der Waals surface area contributed by atoms with E-state index in [4.69, 9.17) is 10.2 Å². The summed E-state index contributed by atoms with van der Waals surface area (Å²) < 4.78 is 0. The van der Waals surface area contributed by atoms with Crippen LogP contribution in [0.2, 0.25) is 0 Å². The van der Waals surface area contributed by atoms with E-state index in [9.17, 15) is 0 Å². The molecule has 0 aromatic rings. The number of rotatable bonds is 6. The fourth-order valence-electron chi connectivity index (χ4n) is 0.857. The fourth-order valence-corrected chi connectivity index (χ4v) is 0.857. The molecule has 62 valence electrons. The van der Waals surface area contributed by atoms with Gasteiger partial charge >= 0.3 is 18.9 Å². The summed E-state index contributed by atoms with van der Waals surface area (Å²) in [6.45, 7) is 3.72. The Morgan fingerprint density at radius 1 is 1.00 bits per heavy atom. The zero-order chi connectivity index (χ0) is 7.82. The Balaban J connectivity index is 0. The van der Waals surface area contributed by atoms with Gasteiger partial charge in [0.15, 0.2) is 6.29 Å². The molecule has 2 N–H and O–H groups in total. The second-order valence-electron chi connectivity index (χ2n) is 2.54. The molecule has 0 amide bonds. The molecule has 0 saturated carbocycles. The van der Waals surface area contributed by atoms with Crippen molar-refractivity contribution in [3.8, 4) is 0 Å². The Bertz CT molecular complexity index is 67.1. The molecule has 0 aromatic carbocycles. The molecule has 0 unspecified atom stereocenters. The molecule has 0 aliphatic carbocycles. The van der Waals surface area contributed by atoms with E-state index in [-0.39, 0.29) is 18.9 Å². The van der Waals surface area contributed by atoms with Gasteiger partial charge < -0.3 is 17.1 Å². The third-order valence-electron chi connectivity index (χ3n) is 1.46. The van der Waals surface area contributed by atoms with Gasteiger partial charge in [0.25, 0.3) is 0 Å². The van der Waals surface area contributed by atoms with Gasteiger partial charge in [0.1, 0.15) is 0 Å². The van der Waals surface area contributed by atoms with Crippen LogP contribution in [0, 0.1) is 6.92 Å². The zero-order valence-corrected chi connectivity index (χ0v) is 7.42. The van der Waals surface area contributed by atoms with Gasteiger partial charge in [-0.25, -0.2) is 0 Å². The molecular formula is C8H17LiO2. The van der Waals surface area contributed by atoms with Crippen LogP contribution in [0.4, 0.5) is 0 Å². The zero-order valence-electron chi connectivity index (χ0n) is 7.42. The molecule has 0 aliphatic heterocycles. The molecule has 0 atom stereocenters. The summed E-state index contributed by atoms with van der Waals surface area (Å²) in [4.78, 5) is 0. The molecule has 0 heterocycles. The summed E-state index contributed by atoms with van der Waals surface area (Å²) >= 11 is 0. The quantitative estimate of drug-likeness (QED) is 0.210. The van der Waals surface area contributed by atoms with Crippen LogP contribution in [0.25, 0.3) is 0 Å². The molecule has 0 saturated heterocycles. The van der Waals surface area contributed by atoms with Crippen LogP contribution in [0.1, 0.15) is 38.5 Å². The molecule has 0 aliphatic rings. The van der Waals surface area contributed by atoms with Crippen molar-refractivity contribution < 1.29 is 29.1 Å². The van der Waals surface area contributed by atoms with Gasteiger partial charge in [-0.1, -0.05) is 19.3 Å². The van der Waals surface area contributed by atoms with Crippen LogP contribution in [0.15, 0.2) is 0 Å². The fraction of sp³-hybridized carbons (Fsp3) is 0.875. The van der Waals surface area contributed by atoms with Crippen molar-refractivity contribution in [2.75, 3.05) is 0 Å². The Hall–Kier alpha value is 0.517. The Morgan fingerprint density at radius 2 is 1.55 bits per heavy atom. The number of aliphatic hydroxyl groups excluding tert-OH is 1. The monoisotopic (exact) mass is 152 g/mol. The average Bonchev–Trinajstić information content (AvgIpc) is 1.87. The van der Waals surface area contributed by atoms with E-state index in [1.807, 2.05) is 0 Å². The van der Waals surface area contributed by atoms with Crippen LogP contribution in [0.5, 0.6) is 0 Å². The predicted octanol–water partition coefficient (Wildman–Crippen LogP) is -1.52. The van der Waals surface area contributed by atoms with Crippen molar-refractivity contribution in [2.45, 2.75) is 44.8 Å². The minimum absolute atomic E-state index is 0. The number of aliphatic hydroxyl groups is 2. The van der Waals surface area contributed by atoms with Gasteiger partial charge in [0.05, 0.1) is 0 Å². The number of hydrogen-bond acceptors (Lipinski definition) is 2. The summed E-state index contributed by atoms with van der Waals surface area (Å²) in [6, 6.07) is 0. The second kappa shape index (κ2) is 10.5. The minimum Gasteiger partial charge on any atom is -0.368 e. The molecule has 3 heteroatoms. The summed E-state index contributed by atoms with van der Waals surface area (Å²) in [6.07, 6.45) is 4.71. The maximum absolute atomic E-state index is 8.45. The third kappa shape index (κ3) is 13.5. The molecule has 0 aromatic heterocycles. The number of hydrogen-bond donors (Lipinski definition) is 2. The first-order chi connectivity index (χ1) is 4.77. The molecule has 0 fully saturated rings. The smallest absolute Gasteiger partial charge is 0.368 e. The van der Waals surface area contributed by atoms with E-state index < -0.39 is 6.29 Å². The second-order valence-corrected chi connectivity index (χ2v) is 2.54. The van der Waals surface area contributed by atoms with Gasteiger partial charge in [0.2, 0.25) is 0 Å². The maximum atomic E-state index is 8.45. The van der Waals surface area contributed by atoms with Crippen molar-refractivity contribution in [2.24, 2.45) is 0 Å². The van der Waals surface area contributed by atoms with Crippen LogP contribution < -0.4 is 18.9 Å². The van der Waals surface area contributed by atoms with E-state index >= 15 is 0 Å². The van der Waals surface area contributed by atoms with Gasteiger partial charge in [-0.2, -0.15) is 6.42 Å². The molecule has 2 nitrogen and oxygen atoms in total. The summed E-state index contributed by atoms with van der Waals surface area (Å²) in [7, 11) is 0. The summed E-state index contributed by atoms with van der Waals surface area (Å²) in [5.74, 6) is 0. The van der Waals surface area contributed by atoms with E-state index in [2.05, 4.69) is 6.92 Å². The van der Waals surface area contributed by atoms with Crippen molar-refractivity contribution >= 4 is 0 Å². The predicted molar refractivity (Wildman–Crippen MR) is 41.3 cm³/mol. The van der Waals surface area contributed by atoms with E-state index in [0.717, 1.165) is 32.1 Å². The topological polar surface area (TPSA) is 40.5 Å². The third-order valence-corrected chi connectivity index (χ3v) is 1.46. The van der Waals surface area contributed by atoms with Crippen LogP contribution in [-0.2, 0) is 0 Å². The molecule has 0 radical (unpaired) electrons. The van der Waals surface area contributed by atoms with Crippen LogP contribution in [-0.4, -0.2) is 16.5 Å². The van der Waals surface area contributed by atoms with Gasteiger partial charge in [-0.05, 0) is 12.8 Å². The summed E-state index contributed by atoms with van der Waals surface area (Å²) in [5, 5.41) is 16.9. The van der Waals surface area contributed by atoms with Crippen molar-refractivity contribution in [3.05, 3.63) is 6.92 Å². The first-order valence-corrected chi connectivity index (χ1v) is 3.92. The Labute approximate surface area is 81.2 Å². The molecule has 0 bridgehead atoms. The van der Waals surface area contributed by atoms with E-state index in [0.29, 0.717) is 6.42 Å². The first kappa shape index (κ1) is 14.1. The number of unbranched alkanes of at least 4 members (excludes halogenated alkanes) is 4. The van der Waals surface area contributed by atoms with Gasteiger partial charge in [-0.15, -0.1) is 0 Å². The van der Waals surface area contributed by atoms with Crippen molar-refractivity contribution in [3.63, 3.8) is 0 Å². The average molecular weight is 152 g/mol. The minimum atomic E-state index is -1.11. The van der Waals surface area contributed by atoms with Gasteiger partial charge in [-0.3, -0.25) is 0 Å². The Morgan fingerprint density at radius 3 is 2.00 bits per heavy atom. The SMILES string of the molecule is [CH2-]CCCCCCC(O)O.[Li+]. The molecule has 11 heavy (non-hydrogen) atoms. The molecule has 0 spiro atoms. The van der Waals surface area contributed by atoms with Crippen molar-refractivity contribution in [1.29, 1.82) is 0 Å². The van der Waals surface area contributed by atoms with Crippen LogP contribution in [0.3, 0.4) is 0 Å². The van der Waals surface area contributed by atoms with Crippen LogP contribution >= 0.6 is 0 Å². The largest absolute Gasteiger partial charge is 1.00 e. The Kier molecular flexibility index (Phi) is 13.4. The maximum Gasteiger partial charge on any atom is 1.00 e. The van der Waals surface area contributed by atoms with E-state index in [1.165, 1.54) is 0 Å². The standard InChI is InChI=1S/C8H17O2.Li/c1-2-3-4-5-6-7-8(9)10;/h8-10H,1-7H2;/q-1;+1. The summed E-state index contributed by atoms with van der Waals surface area (Å²) in [5.41, 5.74) is 0. The normalized spacial score (nSPS) is 9.82. The molecular weight excluding hydrogens is 135 g/mol. The van der Waals surface area contributed by atoms with Crippen molar-refractivity contribution in [1.82, 2.24) is 0 Å². The molecule has 0 rings (SSSR count). The van der Waals surface area contributed by atoms with E-state index in [1.54, 1.807) is 0 Å². The van der Waals surface area contributed by atoms with Gasteiger partial charge in [0, 0.05) is 0 Å².